The molecule has 1 amide bonds. The minimum Gasteiger partial charge on any atom is -0.353 e. The van der Waals surface area contributed by atoms with Crippen LogP contribution in [0.4, 0.5) is 0 Å². The molecule has 2 N–H and O–H groups in total. The number of hydrogen-bond donors (Lipinski definition) is 2. The van der Waals surface area contributed by atoms with Gasteiger partial charge in [0, 0.05) is 12.0 Å². The first-order valence-corrected chi connectivity index (χ1v) is 5.31. The van der Waals surface area contributed by atoms with Gasteiger partial charge in [0.15, 0.2) is 5.82 Å². The Balaban J connectivity index is 2.10. The van der Waals surface area contributed by atoms with Crippen LogP contribution in [0.1, 0.15) is 38.5 Å². The zero-order chi connectivity index (χ0) is 11.8. The van der Waals surface area contributed by atoms with Gasteiger partial charge >= 0.3 is 0 Å². The van der Waals surface area contributed by atoms with Crippen molar-refractivity contribution in [2.24, 2.45) is 0 Å². The van der Waals surface area contributed by atoms with Crippen LogP contribution in [0.25, 0.3) is 0 Å². The van der Waals surface area contributed by atoms with Gasteiger partial charge in [-0.05, 0) is 0 Å². The average Bonchev–Trinajstić information content (AvgIpc) is 2.67. The van der Waals surface area contributed by atoms with Crippen molar-refractivity contribution >= 4 is 5.91 Å². The number of aromatic nitrogens is 2. The van der Waals surface area contributed by atoms with Crippen LogP contribution in [0.15, 0.2) is 4.52 Å². The first-order chi connectivity index (χ1) is 7.47. The minimum atomic E-state index is -0.125. The van der Waals surface area contributed by atoms with Crippen molar-refractivity contribution in [2.45, 2.75) is 32.2 Å². The molecule has 1 saturated heterocycles. The number of carbonyl (C=O) groups excluding carboxylic acids is 1. The maximum atomic E-state index is 11.0. The first-order valence-electron chi connectivity index (χ1n) is 5.31. The summed E-state index contributed by atoms with van der Waals surface area (Å²) in [6.45, 7) is 6.86. The third kappa shape index (κ3) is 2.21. The second kappa shape index (κ2) is 3.86. The van der Waals surface area contributed by atoms with E-state index in [0.717, 1.165) is 0 Å². The van der Waals surface area contributed by atoms with Crippen molar-refractivity contribution in [3.63, 3.8) is 0 Å². The molecular formula is C10H16N4O2. The zero-order valence-corrected chi connectivity index (χ0v) is 9.70. The topological polar surface area (TPSA) is 80.0 Å². The molecule has 0 aliphatic carbocycles. The normalized spacial score (nSPS) is 21.9. The molecule has 0 spiro atoms. The van der Waals surface area contributed by atoms with Gasteiger partial charge in [-0.2, -0.15) is 4.98 Å². The second-order valence-electron chi connectivity index (χ2n) is 4.94. The molecule has 2 heterocycles. The number of carbonyl (C=O) groups is 1. The Hall–Kier alpha value is -1.43. The Morgan fingerprint density at radius 3 is 2.69 bits per heavy atom. The van der Waals surface area contributed by atoms with Crippen molar-refractivity contribution in [2.75, 3.05) is 13.1 Å². The summed E-state index contributed by atoms with van der Waals surface area (Å²) >= 11 is 0. The van der Waals surface area contributed by atoms with E-state index in [1.165, 1.54) is 0 Å². The number of amides is 1. The van der Waals surface area contributed by atoms with Crippen molar-refractivity contribution in [1.82, 2.24) is 20.8 Å². The molecule has 0 bridgehead atoms. The average molecular weight is 224 g/mol. The molecule has 0 aromatic carbocycles. The maximum absolute atomic E-state index is 11.0. The van der Waals surface area contributed by atoms with Gasteiger partial charge in [0.05, 0.1) is 6.54 Å². The van der Waals surface area contributed by atoms with E-state index in [4.69, 9.17) is 4.52 Å². The van der Waals surface area contributed by atoms with Crippen LogP contribution < -0.4 is 10.6 Å². The quantitative estimate of drug-likeness (QED) is 0.708. The van der Waals surface area contributed by atoms with Gasteiger partial charge in [-0.3, -0.25) is 10.1 Å². The summed E-state index contributed by atoms with van der Waals surface area (Å²) in [7, 11) is 0. The molecule has 1 aliphatic heterocycles. The highest BCUT2D eigenvalue weighted by Crippen LogP contribution is 2.20. The van der Waals surface area contributed by atoms with E-state index in [-0.39, 0.29) is 23.9 Å². The van der Waals surface area contributed by atoms with E-state index < -0.39 is 0 Å². The van der Waals surface area contributed by atoms with Crippen molar-refractivity contribution < 1.29 is 9.32 Å². The standard InChI is InChI=1S/C10H16N4O2/c1-10(2,3)9-13-8(16-14-9)6-4-12-7(15)5-11-6/h6,11H,4-5H2,1-3H3,(H,12,15). The van der Waals surface area contributed by atoms with Gasteiger partial charge in [-0.1, -0.05) is 25.9 Å². The number of hydrogen-bond acceptors (Lipinski definition) is 5. The molecule has 6 heteroatoms. The first kappa shape index (κ1) is 11.1. The number of nitrogens with zero attached hydrogens (tertiary/aromatic N) is 2. The Morgan fingerprint density at radius 2 is 2.19 bits per heavy atom. The fraction of sp³-hybridized carbons (Fsp3) is 0.700. The van der Waals surface area contributed by atoms with E-state index >= 15 is 0 Å². The molecule has 1 atom stereocenters. The third-order valence-corrected chi connectivity index (χ3v) is 2.42. The highest BCUT2D eigenvalue weighted by Gasteiger charge is 2.27. The maximum Gasteiger partial charge on any atom is 0.245 e. The smallest absolute Gasteiger partial charge is 0.245 e. The molecule has 1 aromatic rings. The molecule has 2 rings (SSSR count). The Bertz CT molecular complexity index is 384. The molecule has 1 aliphatic rings. The fourth-order valence-corrected chi connectivity index (χ4v) is 1.42. The second-order valence-corrected chi connectivity index (χ2v) is 4.94. The summed E-state index contributed by atoms with van der Waals surface area (Å²) in [5.74, 6) is 1.21. The van der Waals surface area contributed by atoms with Crippen molar-refractivity contribution in [1.29, 1.82) is 0 Å². The van der Waals surface area contributed by atoms with Crippen LogP contribution in [-0.4, -0.2) is 29.1 Å². The van der Waals surface area contributed by atoms with Gasteiger partial charge in [0.1, 0.15) is 6.04 Å². The summed E-state index contributed by atoms with van der Waals surface area (Å²) in [4.78, 5) is 15.3. The van der Waals surface area contributed by atoms with E-state index in [9.17, 15) is 4.79 Å². The Labute approximate surface area is 93.8 Å². The highest BCUT2D eigenvalue weighted by molar-refractivity contribution is 5.78. The summed E-state index contributed by atoms with van der Waals surface area (Å²) in [5, 5.41) is 9.73. The van der Waals surface area contributed by atoms with Gasteiger partial charge in [-0.15, -0.1) is 0 Å². The number of rotatable bonds is 1. The van der Waals surface area contributed by atoms with E-state index in [0.29, 0.717) is 18.3 Å². The molecule has 16 heavy (non-hydrogen) atoms. The zero-order valence-electron chi connectivity index (χ0n) is 9.70. The van der Waals surface area contributed by atoms with E-state index in [1.807, 2.05) is 20.8 Å². The predicted octanol–water partition coefficient (Wildman–Crippen LogP) is 0.128. The monoisotopic (exact) mass is 224 g/mol. The van der Waals surface area contributed by atoms with Crippen molar-refractivity contribution in [3.8, 4) is 0 Å². The van der Waals surface area contributed by atoms with Crippen LogP contribution in [0, 0.1) is 0 Å². The van der Waals surface area contributed by atoms with E-state index in [2.05, 4.69) is 20.8 Å². The summed E-state index contributed by atoms with van der Waals surface area (Å²) < 4.78 is 5.19. The van der Waals surface area contributed by atoms with Crippen molar-refractivity contribution in [3.05, 3.63) is 11.7 Å². The van der Waals surface area contributed by atoms with Gasteiger partial charge < -0.3 is 9.84 Å². The van der Waals surface area contributed by atoms with Gasteiger partial charge in [0.25, 0.3) is 0 Å². The summed E-state index contributed by atoms with van der Waals surface area (Å²) in [6, 6.07) is -0.0821. The molecule has 1 aromatic heterocycles. The lowest BCUT2D eigenvalue weighted by atomic mass is 9.96. The molecule has 6 nitrogen and oxygen atoms in total. The number of piperazine rings is 1. The van der Waals surface area contributed by atoms with Gasteiger partial charge in [0.2, 0.25) is 11.8 Å². The largest absolute Gasteiger partial charge is 0.353 e. The molecule has 1 unspecified atom stereocenters. The summed E-state index contributed by atoms with van der Waals surface area (Å²) in [6.07, 6.45) is 0. The Kier molecular flexibility index (Phi) is 2.67. The van der Waals surface area contributed by atoms with E-state index in [1.54, 1.807) is 0 Å². The van der Waals surface area contributed by atoms with Crippen LogP contribution in [-0.2, 0) is 10.2 Å². The number of nitrogens with one attached hydrogen (secondary N) is 2. The molecular weight excluding hydrogens is 208 g/mol. The van der Waals surface area contributed by atoms with Crippen LogP contribution in [0.2, 0.25) is 0 Å². The third-order valence-electron chi connectivity index (χ3n) is 2.42. The summed E-state index contributed by atoms with van der Waals surface area (Å²) in [5.41, 5.74) is -0.125. The predicted molar refractivity (Wildman–Crippen MR) is 56.8 cm³/mol. The lowest BCUT2D eigenvalue weighted by Crippen LogP contribution is -2.47. The molecule has 0 saturated carbocycles. The molecule has 0 radical (unpaired) electrons. The van der Waals surface area contributed by atoms with Gasteiger partial charge in [-0.25, -0.2) is 0 Å². The lowest BCUT2D eigenvalue weighted by Gasteiger charge is -2.20. The lowest BCUT2D eigenvalue weighted by molar-refractivity contribution is -0.121. The van der Waals surface area contributed by atoms with Crippen LogP contribution in [0.5, 0.6) is 0 Å². The SMILES string of the molecule is CC(C)(C)c1noc(C2CNC(=O)CN2)n1. The minimum absolute atomic E-state index is 0.00758. The molecule has 1 fully saturated rings. The van der Waals surface area contributed by atoms with Crippen LogP contribution in [0.3, 0.4) is 0 Å². The Morgan fingerprint density at radius 1 is 1.44 bits per heavy atom. The highest BCUT2D eigenvalue weighted by atomic mass is 16.5. The van der Waals surface area contributed by atoms with Crippen LogP contribution >= 0.6 is 0 Å². The fourth-order valence-electron chi connectivity index (χ4n) is 1.42. The molecule has 88 valence electrons.